The fraction of sp³-hybridized carbons (Fsp3) is 0.0909. The fourth-order valence-corrected chi connectivity index (χ4v) is 1.21. The minimum absolute atomic E-state index is 0.0111. The van der Waals surface area contributed by atoms with E-state index in [1.54, 1.807) is 0 Å². The number of amides is 1. The zero-order valence-corrected chi connectivity index (χ0v) is 8.79. The van der Waals surface area contributed by atoms with E-state index in [0.29, 0.717) is 5.56 Å². The smallest absolute Gasteiger partial charge is 0.277 e. The Bertz CT molecular complexity index is 529. The summed E-state index contributed by atoms with van der Waals surface area (Å²) in [5.41, 5.74) is 5.30. The second-order valence-electron chi connectivity index (χ2n) is 3.22. The minimum atomic E-state index is -0.579. The van der Waals surface area contributed by atoms with Gasteiger partial charge in [0.2, 0.25) is 5.91 Å². The Morgan fingerprint density at radius 3 is 2.82 bits per heavy atom. The summed E-state index contributed by atoms with van der Waals surface area (Å²) in [7, 11) is 0. The highest BCUT2D eigenvalue weighted by Gasteiger charge is 2.12. The van der Waals surface area contributed by atoms with Gasteiger partial charge >= 0.3 is 0 Å². The van der Waals surface area contributed by atoms with Crippen LogP contribution in [0.3, 0.4) is 0 Å². The average molecular weight is 231 g/mol. The molecule has 0 heterocycles. The maximum atomic E-state index is 10.8. The largest absolute Gasteiger partial charge is 0.369 e. The minimum Gasteiger partial charge on any atom is -0.369 e. The first-order valence-electron chi connectivity index (χ1n) is 4.68. The predicted octanol–water partition coefficient (Wildman–Crippen LogP) is 1.36. The standard InChI is InChI=1S/C11H9N3O3/c12-7-8-4-5-9(2-1-3-11(13)15)10(6-8)14(16)17/h1-2,4-6H,3H2,(H2,13,15). The number of carbonyl (C=O) groups is 1. The lowest BCUT2D eigenvalue weighted by Crippen LogP contribution is -2.07. The second-order valence-corrected chi connectivity index (χ2v) is 3.22. The van der Waals surface area contributed by atoms with Gasteiger partial charge in [-0.05, 0) is 12.1 Å². The molecular formula is C11H9N3O3. The van der Waals surface area contributed by atoms with Crippen LogP contribution in [0.2, 0.25) is 0 Å². The van der Waals surface area contributed by atoms with E-state index in [-0.39, 0.29) is 17.7 Å². The first-order chi connectivity index (χ1) is 8.04. The van der Waals surface area contributed by atoms with Crippen LogP contribution in [0, 0.1) is 21.4 Å². The van der Waals surface area contributed by atoms with E-state index < -0.39 is 10.8 Å². The van der Waals surface area contributed by atoms with Crippen LogP contribution in [0.1, 0.15) is 17.5 Å². The maximum absolute atomic E-state index is 10.8. The summed E-state index contributed by atoms with van der Waals surface area (Å²) in [5.74, 6) is -0.516. The van der Waals surface area contributed by atoms with Crippen molar-refractivity contribution in [3.8, 4) is 6.07 Å². The molecule has 0 aliphatic carbocycles. The molecule has 0 unspecified atom stereocenters. The molecule has 17 heavy (non-hydrogen) atoms. The van der Waals surface area contributed by atoms with Gasteiger partial charge in [-0.3, -0.25) is 14.9 Å². The molecule has 0 aliphatic rings. The molecule has 6 heteroatoms. The molecule has 1 amide bonds. The Hall–Kier alpha value is -2.68. The normalized spacial score (nSPS) is 10.1. The van der Waals surface area contributed by atoms with Gasteiger partial charge in [-0.15, -0.1) is 0 Å². The van der Waals surface area contributed by atoms with E-state index in [4.69, 9.17) is 11.0 Å². The average Bonchev–Trinajstić information content (AvgIpc) is 2.28. The summed E-state index contributed by atoms with van der Waals surface area (Å²) in [6.45, 7) is 0. The van der Waals surface area contributed by atoms with Gasteiger partial charge in [0, 0.05) is 12.5 Å². The number of carbonyl (C=O) groups excluding carboxylic acids is 1. The van der Waals surface area contributed by atoms with Crippen LogP contribution in [0.5, 0.6) is 0 Å². The van der Waals surface area contributed by atoms with Crippen molar-refractivity contribution in [1.82, 2.24) is 0 Å². The number of nitro benzene ring substituents is 1. The monoisotopic (exact) mass is 231 g/mol. The van der Waals surface area contributed by atoms with Gasteiger partial charge in [-0.1, -0.05) is 12.2 Å². The molecule has 1 aromatic carbocycles. The highest BCUT2D eigenvalue weighted by Crippen LogP contribution is 2.21. The van der Waals surface area contributed by atoms with Crippen LogP contribution < -0.4 is 5.73 Å². The summed E-state index contributed by atoms with van der Waals surface area (Å²) in [6, 6.07) is 5.93. The lowest BCUT2D eigenvalue weighted by molar-refractivity contribution is -0.385. The number of hydrogen-bond acceptors (Lipinski definition) is 4. The van der Waals surface area contributed by atoms with Crippen molar-refractivity contribution >= 4 is 17.7 Å². The molecule has 2 N–H and O–H groups in total. The van der Waals surface area contributed by atoms with Gasteiger partial charge in [-0.2, -0.15) is 5.26 Å². The molecule has 86 valence electrons. The molecule has 1 rings (SSSR count). The number of nitriles is 1. The summed E-state index contributed by atoms with van der Waals surface area (Å²) < 4.78 is 0. The number of primary amides is 1. The quantitative estimate of drug-likeness (QED) is 0.622. The van der Waals surface area contributed by atoms with Crippen LogP contribution in [-0.4, -0.2) is 10.8 Å². The van der Waals surface area contributed by atoms with E-state index in [1.807, 2.05) is 6.07 Å². The third-order valence-corrected chi connectivity index (χ3v) is 1.97. The zero-order valence-electron chi connectivity index (χ0n) is 8.79. The molecular weight excluding hydrogens is 222 g/mol. The Morgan fingerprint density at radius 2 is 2.29 bits per heavy atom. The van der Waals surface area contributed by atoms with Crippen molar-refractivity contribution in [3.05, 3.63) is 45.5 Å². The summed E-state index contributed by atoms with van der Waals surface area (Å²) >= 11 is 0. The third kappa shape index (κ3) is 3.43. The van der Waals surface area contributed by atoms with Crippen LogP contribution in [0.25, 0.3) is 6.08 Å². The molecule has 0 atom stereocenters. The Labute approximate surface area is 97.1 Å². The number of benzene rings is 1. The lowest BCUT2D eigenvalue weighted by Gasteiger charge is -1.97. The van der Waals surface area contributed by atoms with E-state index in [2.05, 4.69) is 0 Å². The van der Waals surface area contributed by atoms with Crippen LogP contribution in [0.4, 0.5) is 5.69 Å². The summed E-state index contributed by atoms with van der Waals surface area (Å²) in [6.07, 6.45) is 2.89. The van der Waals surface area contributed by atoms with Crippen molar-refractivity contribution in [2.75, 3.05) is 0 Å². The van der Waals surface area contributed by atoms with E-state index in [1.165, 1.54) is 30.4 Å². The van der Waals surface area contributed by atoms with Crippen molar-refractivity contribution in [1.29, 1.82) is 5.26 Å². The Balaban J connectivity index is 3.07. The Kier molecular flexibility index (Phi) is 3.95. The predicted molar refractivity (Wildman–Crippen MR) is 60.7 cm³/mol. The number of nitrogens with zero attached hydrogens (tertiary/aromatic N) is 2. The third-order valence-electron chi connectivity index (χ3n) is 1.97. The van der Waals surface area contributed by atoms with Gasteiger partial charge in [0.1, 0.15) is 0 Å². The molecule has 1 aromatic rings. The van der Waals surface area contributed by atoms with Crippen molar-refractivity contribution in [2.45, 2.75) is 6.42 Å². The van der Waals surface area contributed by atoms with Crippen molar-refractivity contribution in [2.24, 2.45) is 5.73 Å². The topological polar surface area (TPSA) is 110 Å². The number of nitrogens with two attached hydrogens (primary N) is 1. The molecule has 0 radical (unpaired) electrons. The molecule has 6 nitrogen and oxygen atoms in total. The molecule has 0 aliphatic heterocycles. The van der Waals surface area contributed by atoms with E-state index >= 15 is 0 Å². The van der Waals surface area contributed by atoms with Crippen molar-refractivity contribution < 1.29 is 9.72 Å². The van der Waals surface area contributed by atoms with Gasteiger partial charge in [-0.25, -0.2) is 0 Å². The molecule has 0 fully saturated rings. The van der Waals surface area contributed by atoms with Crippen LogP contribution >= 0.6 is 0 Å². The van der Waals surface area contributed by atoms with Crippen LogP contribution in [-0.2, 0) is 4.79 Å². The second kappa shape index (κ2) is 5.42. The fourth-order valence-electron chi connectivity index (χ4n) is 1.21. The first-order valence-corrected chi connectivity index (χ1v) is 4.68. The zero-order chi connectivity index (χ0) is 12.8. The highest BCUT2D eigenvalue weighted by molar-refractivity contribution is 5.77. The number of hydrogen-bond donors (Lipinski definition) is 1. The van der Waals surface area contributed by atoms with Gasteiger partial charge in [0.05, 0.1) is 22.1 Å². The number of nitro groups is 1. The van der Waals surface area contributed by atoms with E-state index in [9.17, 15) is 14.9 Å². The summed E-state index contributed by atoms with van der Waals surface area (Å²) in [5, 5.41) is 19.4. The molecule has 0 bridgehead atoms. The highest BCUT2D eigenvalue weighted by atomic mass is 16.6. The lowest BCUT2D eigenvalue weighted by atomic mass is 10.1. The molecule has 0 aromatic heterocycles. The van der Waals surface area contributed by atoms with E-state index in [0.717, 1.165) is 0 Å². The molecule has 0 saturated carbocycles. The van der Waals surface area contributed by atoms with Crippen molar-refractivity contribution in [3.63, 3.8) is 0 Å². The van der Waals surface area contributed by atoms with Gasteiger partial charge < -0.3 is 5.73 Å². The Morgan fingerprint density at radius 1 is 1.59 bits per heavy atom. The molecule has 0 spiro atoms. The first kappa shape index (κ1) is 12.4. The van der Waals surface area contributed by atoms with Gasteiger partial charge in [0.25, 0.3) is 5.69 Å². The van der Waals surface area contributed by atoms with Crippen LogP contribution in [0.15, 0.2) is 24.3 Å². The number of rotatable bonds is 4. The van der Waals surface area contributed by atoms with Gasteiger partial charge in [0.15, 0.2) is 0 Å². The molecule has 0 saturated heterocycles. The maximum Gasteiger partial charge on any atom is 0.277 e. The SMILES string of the molecule is N#Cc1ccc(C=CCC(N)=O)c([N+](=O)[O-])c1. The summed E-state index contributed by atoms with van der Waals surface area (Å²) in [4.78, 5) is 20.7.